The lowest BCUT2D eigenvalue weighted by Gasteiger charge is -2.00. The van der Waals surface area contributed by atoms with Crippen LogP contribution in [-0.2, 0) is 0 Å². The fraction of sp³-hybridized carbons (Fsp3) is 0.0833. The molecular formula is C12H10N4. The van der Waals surface area contributed by atoms with Gasteiger partial charge in [-0.05, 0) is 19.1 Å². The summed E-state index contributed by atoms with van der Waals surface area (Å²) < 4.78 is 1.68. The van der Waals surface area contributed by atoms with Gasteiger partial charge in [-0.25, -0.2) is 14.6 Å². The van der Waals surface area contributed by atoms with Gasteiger partial charge in [0.15, 0.2) is 0 Å². The van der Waals surface area contributed by atoms with Crippen molar-refractivity contribution in [1.29, 1.82) is 0 Å². The van der Waals surface area contributed by atoms with Gasteiger partial charge < -0.3 is 0 Å². The number of para-hydroxylation sites is 1. The zero-order valence-corrected chi connectivity index (χ0v) is 8.83. The summed E-state index contributed by atoms with van der Waals surface area (Å²) >= 11 is 0. The Balaban J connectivity index is 2.18. The molecule has 1 aromatic carbocycles. The molecule has 2 heterocycles. The van der Waals surface area contributed by atoms with E-state index in [9.17, 15) is 0 Å². The van der Waals surface area contributed by atoms with Crippen LogP contribution in [0.1, 0.15) is 5.69 Å². The number of benzene rings is 1. The molecule has 0 unspecified atom stereocenters. The molecule has 0 spiro atoms. The van der Waals surface area contributed by atoms with Crippen LogP contribution in [0.3, 0.4) is 0 Å². The highest BCUT2D eigenvalue weighted by molar-refractivity contribution is 5.77. The zero-order valence-electron chi connectivity index (χ0n) is 8.83. The summed E-state index contributed by atoms with van der Waals surface area (Å²) in [5.74, 6) is 0.604. The maximum absolute atomic E-state index is 4.45. The first-order chi connectivity index (χ1) is 7.83. The maximum atomic E-state index is 4.45. The smallest absolute Gasteiger partial charge is 0.219 e. The first kappa shape index (κ1) is 9.03. The van der Waals surface area contributed by atoms with E-state index < -0.39 is 0 Å². The molecule has 0 amide bonds. The van der Waals surface area contributed by atoms with E-state index in [0.29, 0.717) is 5.95 Å². The fourth-order valence-electron chi connectivity index (χ4n) is 1.60. The van der Waals surface area contributed by atoms with E-state index in [0.717, 1.165) is 16.6 Å². The van der Waals surface area contributed by atoms with Crippen LogP contribution in [0.4, 0.5) is 0 Å². The normalized spacial score (nSPS) is 10.8. The van der Waals surface area contributed by atoms with E-state index in [1.165, 1.54) is 0 Å². The topological polar surface area (TPSA) is 43.6 Å². The molecular weight excluding hydrogens is 200 g/mol. The van der Waals surface area contributed by atoms with Crippen molar-refractivity contribution >= 4 is 10.9 Å². The Labute approximate surface area is 92.6 Å². The van der Waals surface area contributed by atoms with Crippen LogP contribution in [0.15, 0.2) is 42.7 Å². The van der Waals surface area contributed by atoms with Gasteiger partial charge in [-0.3, -0.25) is 0 Å². The van der Waals surface area contributed by atoms with Gasteiger partial charge in [-0.15, -0.1) is 0 Å². The molecule has 0 aliphatic rings. The summed E-state index contributed by atoms with van der Waals surface area (Å²) in [4.78, 5) is 8.73. The largest absolute Gasteiger partial charge is 0.251 e. The van der Waals surface area contributed by atoms with Gasteiger partial charge in [-0.2, -0.15) is 5.10 Å². The van der Waals surface area contributed by atoms with Gasteiger partial charge in [0, 0.05) is 17.8 Å². The molecule has 0 saturated carbocycles. The highest BCUT2D eigenvalue weighted by Crippen LogP contribution is 2.11. The Bertz CT molecular complexity index is 642. The SMILES string of the molecule is Cc1ccn(-c2ncc3ccccc3n2)n1. The number of aromatic nitrogens is 4. The van der Waals surface area contributed by atoms with Crippen LogP contribution in [-0.4, -0.2) is 19.7 Å². The van der Waals surface area contributed by atoms with Crippen molar-refractivity contribution in [1.82, 2.24) is 19.7 Å². The minimum atomic E-state index is 0.604. The predicted molar refractivity (Wildman–Crippen MR) is 61.4 cm³/mol. The van der Waals surface area contributed by atoms with Crippen LogP contribution < -0.4 is 0 Å². The maximum Gasteiger partial charge on any atom is 0.251 e. The number of hydrogen-bond acceptors (Lipinski definition) is 3. The van der Waals surface area contributed by atoms with Crippen molar-refractivity contribution < 1.29 is 0 Å². The Morgan fingerprint density at radius 3 is 2.81 bits per heavy atom. The lowest BCUT2D eigenvalue weighted by Crippen LogP contribution is -2.01. The van der Waals surface area contributed by atoms with Gasteiger partial charge >= 0.3 is 0 Å². The minimum Gasteiger partial charge on any atom is -0.219 e. The van der Waals surface area contributed by atoms with Gasteiger partial charge in [-0.1, -0.05) is 18.2 Å². The summed E-state index contributed by atoms with van der Waals surface area (Å²) in [6.07, 6.45) is 3.67. The molecule has 0 atom stereocenters. The molecule has 3 rings (SSSR count). The zero-order chi connectivity index (χ0) is 11.0. The standard InChI is InChI=1S/C12H10N4/c1-9-6-7-16(15-9)12-13-8-10-4-2-3-5-11(10)14-12/h2-8H,1H3. The molecule has 0 aliphatic carbocycles. The van der Waals surface area contributed by atoms with Crippen LogP contribution in [0, 0.1) is 6.92 Å². The van der Waals surface area contributed by atoms with Crippen molar-refractivity contribution in [2.45, 2.75) is 6.92 Å². The van der Waals surface area contributed by atoms with E-state index in [4.69, 9.17) is 0 Å². The molecule has 0 N–H and O–H groups in total. The molecule has 0 fully saturated rings. The summed E-state index contributed by atoms with van der Waals surface area (Å²) in [5, 5.41) is 5.32. The lowest BCUT2D eigenvalue weighted by molar-refractivity contribution is 0.804. The summed E-state index contributed by atoms with van der Waals surface area (Å²) in [6, 6.07) is 9.83. The van der Waals surface area contributed by atoms with Crippen LogP contribution in [0.2, 0.25) is 0 Å². The number of nitrogens with zero attached hydrogens (tertiary/aromatic N) is 4. The van der Waals surface area contributed by atoms with Crippen molar-refractivity contribution in [3.63, 3.8) is 0 Å². The Morgan fingerprint density at radius 2 is 2.00 bits per heavy atom. The minimum absolute atomic E-state index is 0.604. The summed E-state index contributed by atoms with van der Waals surface area (Å²) in [5.41, 5.74) is 1.89. The fourth-order valence-corrected chi connectivity index (χ4v) is 1.60. The highest BCUT2D eigenvalue weighted by atomic mass is 15.3. The van der Waals surface area contributed by atoms with Gasteiger partial charge in [0.25, 0.3) is 5.95 Å². The first-order valence-corrected chi connectivity index (χ1v) is 5.07. The average molecular weight is 210 g/mol. The summed E-state index contributed by atoms with van der Waals surface area (Å²) in [7, 11) is 0. The molecule has 0 bridgehead atoms. The van der Waals surface area contributed by atoms with E-state index in [1.807, 2.05) is 49.6 Å². The molecule has 3 aromatic rings. The number of fused-ring (bicyclic) bond motifs is 1. The first-order valence-electron chi connectivity index (χ1n) is 5.07. The van der Waals surface area contributed by atoms with E-state index >= 15 is 0 Å². The van der Waals surface area contributed by atoms with Crippen LogP contribution >= 0.6 is 0 Å². The number of hydrogen-bond donors (Lipinski definition) is 0. The summed E-state index contributed by atoms with van der Waals surface area (Å²) in [6.45, 7) is 1.94. The van der Waals surface area contributed by atoms with E-state index in [2.05, 4.69) is 15.1 Å². The molecule has 0 radical (unpaired) electrons. The monoisotopic (exact) mass is 210 g/mol. The quantitative estimate of drug-likeness (QED) is 0.618. The van der Waals surface area contributed by atoms with Gasteiger partial charge in [0.1, 0.15) is 0 Å². The number of rotatable bonds is 1. The van der Waals surface area contributed by atoms with Crippen molar-refractivity contribution in [3.8, 4) is 5.95 Å². The average Bonchev–Trinajstić information content (AvgIpc) is 2.75. The molecule has 4 nitrogen and oxygen atoms in total. The molecule has 0 saturated heterocycles. The molecule has 16 heavy (non-hydrogen) atoms. The Kier molecular flexibility index (Phi) is 1.93. The lowest BCUT2D eigenvalue weighted by atomic mass is 10.2. The highest BCUT2D eigenvalue weighted by Gasteiger charge is 2.02. The third kappa shape index (κ3) is 1.44. The third-order valence-corrected chi connectivity index (χ3v) is 2.40. The predicted octanol–water partition coefficient (Wildman–Crippen LogP) is 2.12. The van der Waals surface area contributed by atoms with Crippen molar-refractivity contribution in [3.05, 3.63) is 48.4 Å². The Morgan fingerprint density at radius 1 is 1.12 bits per heavy atom. The van der Waals surface area contributed by atoms with Crippen molar-refractivity contribution in [2.24, 2.45) is 0 Å². The molecule has 2 aromatic heterocycles. The number of aryl methyl sites for hydroxylation is 1. The second-order valence-corrected chi connectivity index (χ2v) is 3.63. The Hall–Kier alpha value is -2.23. The van der Waals surface area contributed by atoms with E-state index in [-0.39, 0.29) is 0 Å². The molecule has 4 heteroatoms. The van der Waals surface area contributed by atoms with Gasteiger partial charge in [0.2, 0.25) is 0 Å². The van der Waals surface area contributed by atoms with Gasteiger partial charge in [0.05, 0.1) is 11.2 Å². The third-order valence-electron chi connectivity index (χ3n) is 2.40. The second kappa shape index (κ2) is 3.41. The van der Waals surface area contributed by atoms with Crippen LogP contribution in [0.5, 0.6) is 0 Å². The van der Waals surface area contributed by atoms with Crippen LogP contribution in [0.25, 0.3) is 16.9 Å². The van der Waals surface area contributed by atoms with Crippen molar-refractivity contribution in [2.75, 3.05) is 0 Å². The molecule has 0 aliphatic heterocycles. The molecule has 78 valence electrons. The second-order valence-electron chi connectivity index (χ2n) is 3.63. The van der Waals surface area contributed by atoms with E-state index in [1.54, 1.807) is 4.68 Å².